The summed E-state index contributed by atoms with van der Waals surface area (Å²) in [5, 5.41) is 0.309. The Morgan fingerprint density at radius 3 is 2.00 bits per heavy atom. The highest BCUT2D eigenvalue weighted by Crippen LogP contribution is 2.24. The highest BCUT2D eigenvalue weighted by Gasteiger charge is 2.13. The van der Waals surface area contributed by atoms with Crippen LogP contribution >= 0.6 is 11.6 Å². The number of carbonyl (C=O) groups is 1. The van der Waals surface area contributed by atoms with E-state index in [-0.39, 0.29) is 6.61 Å². The second-order valence-corrected chi connectivity index (χ2v) is 5.88. The third kappa shape index (κ3) is 4.85. The lowest BCUT2D eigenvalue weighted by Gasteiger charge is -2.10. The topological polar surface area (TPSA) is 35.5 Å². The van der Waals surface area contributed by atoms with Crippen molar-refractivity contribution in [3.63, 3.8) is 0 Å². The number of hydrogen-bond acceptors (Lipinski definition) is 3. The number of halogens is 1. The molecule has 0 N–H and O–H groups in total. The van der Waals surface area contributed by atoms with Crippen molar-refractivity contribution >= 4 is 17.6 Å². The van der Waals surface area contributed by atoms with Crippen LogP contribution in [0.5, 0.6) is 5.75 Å². The minimum absolute atomic E-state index is 0.211. The Labute approximate surface area is 151 Å². The van der Waals surface area contributed by atoms with E-state index in [4.69, 9.17) is 21.1 Å². The molecule has 0 unspecified atom stereocenters. The molecule has 0 atom stereocenters. The minimum atomic E-state index is -0.455. The van der Waals surface area contributed by atoms with Crippen LogP contribution in [0.3, 0.4) is 0 Å². The Hall–Kier alpha value is -2.78. The molecule has 126 valence electrons. The predicted molar refractivity (Wildman–Crippen MR) is 97.8 cm³/mol. The smallest absolute Gasteiger partial charge is 0.339 e. The van der Waals surface area contributed by atoms with Crippen molar-refractivity contribution in [3.8, 4) is 5.75 Å². The molecule has 0 heterocycles. The van der Waals surface area contributed by atoms with Crippen LogP contribution in [0.15, 0.2) is 78.9 Å². The van der Waals surface area contributed by atoms with Gasteiger partial charge in [-0.3, -0.25) is 0 Å². The zero-order valence-corrected chi connectivity index (χ0v) is 14.3. The molecule has 0 bridgehead atoms. The first kappa shape index (κ1) is 17.1. The Kier molecular flexibility index (Phi) is 5.70. The van der Waals surface area contributed by atoms with Crippen LogP contribution in [0.1, 0.15) is 21.5 Å². The largest absolute Gasteiger partial charge is 0.489 e. The molecule has 3 nitrogen and oxygen atoms in total. The summed E-state index contributed by atoms with van der Waals surface area (Å²) in [6.45, 7) is 0.650. The fraction of sp³-hybridized carbons (Fsp3) is 0.0952. The first-order chi connectivity index (χ1) is 12.2. The van der Waals surface area contributed by atoms with E-state index >= 15 is 0 Å². The fourth-order valence-electron chi connectivity index (χ4n) is 2.29. The molecule has 0 fully saturated rings. The van der Waals surface area contributed by atoms with E-state index in [1.165, 1.54) is 0 Å². The van der Waals surface area contributed by atoms with E-state index in [1.807, 2.05) is 60.7 Å². The van der Waals surface area contributed by atoms with Gasteiger partial charge in [0.25, 0.3) is 0 Å². The molecule has 0 amide bonds. The SMILES string of the molecule is O=C(OCc1ccccc1)c1ccc(OCc2ccccc2)cc1Cl. The van der Waals surface area contributed by atoms with Crippen molar-refractivity contribution in [2.24, 2.45) is 0 Å². The summed E-state index contributed by atoms with van der Waals surface area (Å²) in [6, 6.07) is 24.3. The van der Waals surface area contributed by atoms with Crippen LogP contribution < -0.4 is 4.74 Å². The summed E-state index contributed by atoms with van der Waals surface area (Å²) >= 11 is 6.21. The van der Waals surface area contributed by atoms with Crippen LogP contribution in [0.25, 0.3) is 0 Å². The van der Waals surface area contributed by atoms with Gasteiger partial charge >= 0.3 is 5.97 Å². The number of ether oxygens (including phenoxy) is 2. The Bertz CT molecular complexity index is 832. The quantitative estimate of drug-likeness (QED) is 0.566. The minimum Gasteiger partial charge on any atom is -0.489 e. The standard InChI is InChI=1S/C21H17ClO3/c22-20-13-18(24-14-16-7-3-1-4-8-16)11-12-19(20)21(23)25-15-17-9-5-2-6-10-17/h1-13H,14-15H2. The van der Waals surface area contributed by atoms with Crippen LogP contribution in [-0.2, 0) is 18.0 Å². The third-order valence-corrected chi connectivity index (χ3v) is 3.93. The molecule has 3 rings (SSSR count). The average molecular weight is 353 g/mol. The maximum Gasteiger partial charge on any atom is 0.339 e. The molecule has 4 heteroatoms. The van der Waals surface area contributed by atoms with E-state index in [0.717, 1.165) is 11.1 Å². The first-order valence-electron chi connectivity index (χ1n) is 7.90. The normalized spacial score (nSPS) is 10.3. The van der Waals surface area contributed by atoms with Crippen molar-refractivity contribution < 1.29 is 14.3 Å². The van der Waals surface area contributed by atoms with E-state index in [9.17, 15) is 4.79 Å². The zero-order valence-electron chi connectivity index (χ0n) is 13.5. The van der Waals surface area contributed by atoms with Crippen LogP contribution in [-0.4, -0.2) is 5.97 Å². The predicted octanol–water partition coefficient (Wildman–Crippen LogP) is 5.28. The number of esters is 1. The van der Waals surface area contributed by atoms with Crippen LogP contribution in [0.2, 0.25) is 5.02 Å². The van der Waals surface area contributed by atoms with Crippen molar-refractivity contribution in [2.45, 2.75) is 13.2 Å². The van der Waals surface area contributed by atoms with Gasteiger partial charge < -0.3 is 9.47 Å². The molecule has 0 aliphatic carbocycles. The van der Waals surface area contributed by atoms with Gasteiger partial charge in [0.05, 0.1) is 10.6 Å². The van der Waals surface area contributed by atoms with Gasteiger partial charge in [-0.1, -0.05) is 72.3 Å². The highest BCUT2D eigenvalue weighted by atomic mass is 35.5. The number of rotatable bonds is 6. The van der Waals surface area contributed by atoms with Gasteiger partial charge in [-0.25, -0.2) is 4.79 Å². The van der Waals surface area contributed by atoms with Gasteiger partial charge in [0.2, 0.25) is 0 Å². The first-order valence-corrected chi connectivity index (χ1v) is 8.27. The maximum absolute atomic E-state index is 12.2. The summed E-state index contributed by atoms with van der Waals surface area (Å²) in [5.74, 6) is 0.150. The summed E-state index contributed by atoms with van der Waals surface area (Å²) in [5.41, 5.74) is 2.31. The van der Waals surface area contributed by atoms with Gasteiger partial charge in [-0.2, -0.15) is 0 Å². The third-order valence-electron chi connectivity index (χ3n) is 3.62. The lowest BCUT2D eigenvalue weighted by molar-refractivity contribution is 0.0473. The molecule has 0 saturated carbocycles. The molecule has 3 aromatic rings. The lowest BCUT2D eigenvalue weighted by atomic mass is 10.2. The molecule has 0 aliphatic rings. The molecular formula is C21H17ClO3. The number of carbonyl (C=O) groups excluding carboxylic acids is 1. The zero-order chi connectivity index (χ0) is 17.5. The second kappa shape index (κ2) is 8.36. The monoisotopic (exact) mass is 352 g/mol. The number of benzene rings is 3. The molecule has 0 saturated heterocycles. The molecule has 0 aliphatic heterocycles. The maximum atomic E-state index is 12.2. The Morgan fingerprint density at radius 1 is 0.800 bits per heavy atom. The summed E-state index contributed by atoms with van der Waals surface area (Å²) in [7, 11) is 0. The number of hydrogen-bond donors (Lipinski definition) is 0. The molecule has 25 heavy (non-hydrogen) atoms. The molecule has 0 aromatic heterocycles. The van der Waals surface area contributed by atoms with E-state index in [1.54, 1.807) is 18.2 Å². The van der Waals surface area contributed by atoms with Crippen molar-refractivity contribution in [3.05, 3.63) is 101 Å². The van der Waals surface area contributed by atoms with Crippen LogP contribution in [0, 0.1) is 0 Å². The van der Waals surface area contributed by atoms with Crippen molar-refractivity contribution in [2.75, 3.05) is 0 Å². The fourth-order valence-corrected chi connectivity index (χ4v) is 2.54. The van der Waals surface area contributed by atoms with Gasteiger partial charge in [0.1, 0.15) is 19.0 Å². The Balaban J connectivity index is 1.60. The van der Waals surface area contributed by atoms with Crippen molar-refractivity contribution in [1.29, 1.82) is 0 Å². The van der Waals surface area contributed by atoms with Gasteiger partial charge in [0.15, 0.2) is 0 Å². The van der Waals surface area contributed by atoms with Gasteiger partial charge in [-0.15, -0.1) is 0 Å². The lowest BCUT2D eigenvalue weighted by Crippen LogP contribution is -2.06. The summed E-state index contributed by atoms with van der Waals surface area (Å²) < 4.78 is 11.0. The molecular weight excluding hydrogens is 336 g/mol. The van der Waals surface area contributed by atoms with E-state index in [2.05, 4.69) is 0 Å². The van der Waals surface area contributed by atoms with Crippen LogP contribution in [0.4, 0.5) is 0 Å². The van der Waals surface area contributed by atoms with E-state index < -0.39 is 5.97 Å². The van der Waals surface area contributed by atoms with E-state index in [0.29, 0.717) is 22.9 Å². The summed E-state index contributed by atoms with van der Waals surface area (Å²) in [6.07, 6.45) is 0. The van der Waals surface area contributed by atoms with Gasteiger partial charge in [-0.05, 0) is 29.3 Å². The second-order valence-electron chi connectivity index (χ2n) is 5.48. The average Bonchev–Trinajstić information content (AvgIpc) is 2.66. The van der Waals surface area contributed by atoms with Crippen molar-refractivity contribution in [1.82, 2.24) is 0 Å². The van der Waals surface area contributed by atoms with Gasteiger partial charge in [0, 0.05) is 0 Å². The molecule has 3 aromatic carbocycles. The molecule has 0 spiro atoms. The highest BCUT2D eigenvalue weighted by molar-refractivity contribution is 6.33. The summed E-state index contributed by atoms with van der Waals surface area (Å²) in [4.78, 5) is 12.2. The molecule has 0 radical (unpaired) electrons. The Morgan fingerprint density at radius 2 is 1.40 bits per heavy atom.